The number of hydrogen-bond acceptors (Lipinski definition) is 9. The van der Waals surface area contributed by atoms with Gasteiger partial charge in [0.2, 0.25) is 0 Å². The number of aliphatic hydroxyl groups is 1. The molecule has 1 aromatic heterocycles. The molecule has 3 aromatic rings. The Labute approximate surface area is 217 Å². The molecular formula is C27H26N2O7S. The van der Waals surface area contributed by atoms with Crippen molar-refractivity contribution in [1.82, 2.24) is 4.98 Å². The van der Waals surface area contributed by atoms with Gasteiger partial charge in [-0.1, -0.05) is 29.5 Å². The van der Waals surface area contributed by atoms with Crippen LogP contribution in [0.25, 0.3) is 5.76 Å². The van der Waals surface area contributed by atoms with Gasteiger partial charge < -0.3 is 19.3 Å². The normalized spacial score (nSPS) is 16.7. The summed E-state index contributed by atoms with van der Waals surface area (Å²) in [6.45, 7) is 5.26. The third kappa shape index (κ3) is 4.55. The van der Waals surface area contributed by atoms with Crippen LogP contribution in [0, 0.1) is 13.8 Å². The number of aromatic nitrogens is 1. The summed E-state index contributed by atoms with van der Waals surface area (Å²) >= 11 is 0.946. The fourth-order valence-electron chi connectivity index (χ4n) is 4.26. The maximum absolute atomic E-state index is 13.5. The molecule has 1 N–H and O–H groups in total. The number of anilines is 1. The maximum Gasteiger partial charge on any atom is 0.350 e. The molecule has 192 valence electrons. The first-order valence-corrected chi connectivity index (χ1v) is 12.3. The van der Waals surface area contributed by atoms with Crippen molar-refractivity contribution < 1.29 is 33.7 Å². The van der Waals surface area contributed by atoms with E-state index in [-0.39, 0.29) is 27.9 Å². The van der Waals surface area contributed by atoms with Gasteiger partial charge in [-0.05, 0) is 50.6 Å². The van der Waals surface area contributed by atoms with Crippen LogP contribution < -0.4 is 14.4 Å². The molecule has 0 saturated carbocycles. The summed E-state index contributed by atoms with van der Waals surface area (Å²) in [6, 6.07) is 10.9. The molecule has 0 radical (unpaired) electrons. The van der Waals surface area contributed by atoms with Crippen molar-refractivity contribution in [2.24, 2.45) is 0 Å². The van der Waals surface area contributed by atoms with Gasteiger partial charge in [0, 0.05) is 11.1 Å². The van der Waals surface area contributed by atoms with Gasteiger partial charge in [0.25, 0.3) is 5.78 Å². The Bertz CT molecular complexity index is 1430. The predicted molar refractivity (Wildman–Crippen MR) is 138 cm³/mol. The number of ketones is 1. The van der Waals surface area contributed by atoms with Crippen LogP contribution in [-0.4, -0.2) is 48.6 Å². The zero-order chi connectivity index (χ0) is 26.9. The lowest BCUT2D eigenvalue weighted by molar-refractivity contribution is -0.132. The first kappa shape index (κ1) is 25.9. The molecule has 1 aliphatic rings. The van der Waals surface area contributed by atoms with Gasteiger partial charge in [-0.2, -0.15) is 0 Å². The van der Waals surface area contributed by atoms with Crippen LogP contribution in [0.4, 0.5) is 5.13 Å². The highest BCUT2D eigenvalue weighted by Gasteiger charge is 2.49. The molecule has 2 aromatic carbocycles. The van der Waals surface area contributed by atoms with Crippen molar-refractivity contribution in [3.63, 3.8) is 0 Å². The lowest BCUT2D eigenvalue weighted by atomic mass is 9.93. The number of thiazole rings is 1. The number of aliphatic hydroxyl groups excluding tert-OH is 1. The number of carbonyl (C=O) groups excluding carboxylic acids is 3. The number of nitrogens with zero attached hydrogens (tertiary/aromatic N) is 2. The minimum atomic E-state index is -1.06. The molecule has 1 saturated heterocycles. The van der Waals surface area contributed by atoms with Crippen molar-refractivity contribution in [2.75, 3.05) is 25.7 Å². The van der Waals surface area contributed by atoms with Crippen molar-refractivity contribution in [1.29, 1.82) is 0 Å². The van der Waals surface area contributed by atoms with E-state index in [0.717, 1.165) is 11.3 Å². The number of Topliss-reactive ketones (excluding diaryl/α,β-unsaturated/α-hetero) is 1. The number of ether oxygens (including phenoxy) is 3. The highest BCUT2D eigenvalue weighted by atomic mass is 32.1. The highest BCUT2D eigenvalue weighted by Crippen LogP contribution is 2.46. The van der Waals surface area contributed by atoms with Crippen molar-refractivity contribution >= 4 is 39.9 Å². The Kier molecular flexibility index (Phi) is 7.30. The van der Waals surface area contributed by atoms with Crippen molar-refractivity contribution in [3.8, 4) is 11.5 Å². The van der Waals surface area contributed by atoms with E-state index < -0.39 is 23.7 Å². The molecule has 1 amide bonds. The quantitative estimate of drug-likeness (QED) is 0.208. The maximum atomic E-state index is 13.5. The van der Waals surface area contributed by atoms with Gasteiger partial charge in [-0.3, -0.25) is 14.5 Å². The number of para-hydroxylation sites is 1. The number of carbonyl (C=O) groups is 3. The molecule has 0 spiro atoms. The van der Waals surface area contributed by atoms with E-state index in [2.05, 4.69) is 4.98 Å². The van der Waals surface area contributed by atoms with Gasteiger partial charge in [-0.15, -0.1) is 0 Å². The van der Waals surface area contributed by atoms with Gasteiger partial charge in [0.05, 0.1) is 32.1 Å². The summed E-state index contributed by atoms with van der Waals surface area (Å²) in [4.78, 5) is 45.2. The number of esters is 1. The Morgan fingerprint density at radius 2 is 1.84 bits per heavy atom. The number of amides is 1. The van der Waals surface area contributed by atoms with Crippen LogP contribution in [-0.2, 0) is 14.3 Å². The smallest absolute Gasteiger partial charge is 0.350 e. The SMILES string of the molecule is CCOC(=O)c1sc(N2C(=O)C(=O)/C(=C(/O)c3ccc(OC)cc3C)C2c2ccccc2OC)nc1C. The zero-order valence-electron chi connectivity index (χ0n) is 21.0. The van der Waals surface area contributed by atoms with E-state index in [9.17, 15) is 19.5 Å². The zero-order valence-corrected chi connectivity index (χ0v) is 21.8. The molecule has 9 nitrogen and oxygen atoms in total. The summed E-state index contributed by atoms with van der Waals surface area (Å²) in [5.41, 5.74) is 1.75. The van der Waals surface area contributed by atoms with Crippen LogP contribution in [0.2, 0.25) is 0 Å². The van der Waals surface area contributed by atoms with E-state index in [0.29, 0.717) is 33.9 Å². The number of methoxy groups -OCH3 is 2. The molecule has 0 bridgehead atoms. The number of hydrogen-bond donors (Lipinski definition) is 1. The van der Waals surface area contributed by atoms with Gasteiger partial charge in [0.15, 0.2) is 5.13 Å². The molecule has 10 heteroatoms. The molecule has 1 atom stereocenters. The summed E-state index contributed by atoms with van der Waals surface area (Å²) in [5.74, 6) is -1.67. The lowest BCUT2D eigenvalue weighted by Crippen LogP contribution is -2.29. The fourth-order valence-corrected chi connectivity index (χ4v) is 5.25. The Balaban J connectivity index is 1.96. The molecule has 0 aliphatic carbocycles. The number of benzene rings is 2. The van der Waals surface area contributed by atoms with Crippen LogP contribution >= 0.6 is 11.3 Å². The second-order valence-corrected chi connectivity index (χ2v) is 9.20. The topological polar surface area (TPSA) is 115 Å². The van der Waals surface area contributed by atoms with E-state index in [1.54, 1.807) is 63.2 Å². The molecule has 1 fully saturated rings. The first-order valence-electron chi connectivity index (χ1n) is 11.5. The monoisotopic (exact) mass is 522 g/mol. The van der Waals surface area contributed by atoms with Crippen LogP contribution in [0.5, 0.6) is 11.5 Å². The minimum absolute atomic E-state index is 0.117. The van der Waals surface area contributed by atoms with Crippen LogP contribution in [0.1, 0.15) is 45.0 Å². The molecule has 1 unspecified atom stereocenters. The molecular weight excluding hydrogens is 496 g/mol. The van der Waals surface area contributed by atoms with E-state index in [4.69, 9.17) is 14.2 Å². The largest absolute Gasteiger partial charge is 0.507 e. The average Bonchev–Trinajstić information content (AvgIpc) is 3.40. The first-order chi connectivity index (χ1) is 17.7. The van der Waals surface area contributed by atoms with E-state index in [1.807, 2.05) is 0 Å². The third-order valence-electron chi connectivity index (χ3n) is 6.02. The summed E-state index contributed by atoms with van der Waals surface area (Å²) < 4.78 is 15.9. The van der Waals surface area contributed by atoms with Crippen LogP contribution in [0.15, 0.2) is 48.0 Å². The van der Waals surface area contributed by atoms with Gasteiger partial charge >= 0.3 is 11.9 Å². The summed E-state index contributed by atoms with van der Waals surface area (Å²) in [5, 5.41) is 11.6. The number of rotatable bonds is 7. The van der Waals surface area contributed by atoms with Crippen molar-refractivity contribution in [3.05, 3.63) is 75.3 Å². The summed E-state index contributed by atoms with van der Waals surface area (Å²) in [6.07, 6.45) is 0. The fraction of sp³-hybridized carbons (Fsp3) is 0.259. The molecule has 4 rings (SSSR count). The van der Waals surface area contributed by atoms with Gasteiger partial charge in [0.1, 0.15) is 28.2 Å². The Morgan fingerprint density at radius 3 is 2.49 bits per heavy atom. The standard InChI is InChI=1S/C27H26N2O7S/c1-6-36-26(33)24-15(3)28-27(37-24)29-21(18-9-7-8-10-19(18)35-5)20(23(31)25(29)32)22(30)17-12-11-16(34-4)13-14(17)2/h7-13,21,30H,6H2,1-5H3/b22-20+. The highest BCUT2D eigenvalue weighted by molar-refractivity contribution is 7.17. The molecule has 37 heavy (non-hydrogen) atoms. The summed E-state index contributed by atoms with van der Waals surface area (Å²) in [7, 11) is 3.01. The van der Waals surface area contributed by atoms with E-state index >= 15 is 0 Å². The van der Waals surface area contributed by atoms with E-state index in [1.165, 1.54) is 19.1 Å². The molecule has 1 aliphatic heterocycles. The average molecular weight is 523 g/mol. The van der Waals surface area contributed by atoms with Crippen LogP contribution in [0.3, 0.4) is 0 Å². The predicted octanol–water partition coefficient (Wildman–Crippen LogP) is 4.58. The number of aryl methyl sites for hydroxylation is 2. The van der Waals surface area contributed by atoms with Crippen molar-refractivity contribution in [2.45, 2.75) is 26.8 Å². The molecule has 2 heterocycles. The lowest BCUT2D eigenvalue weighted by Gasteiger charge is -2.24. The van der Waals surface area contributed by atoms with Gasteiger partial charge in [-0.25, -0.2) is 9.78 Å². The second-order valence-electron chi connectivity index (χ2n) is 8.22. The Morgan fingerprint density at radius 1 is 1.11 bits per heavy atom. The third-order valence-corrected chi connectivity index (χ3v) is 7.16. The second kappa shape index (κ2) is 10.4. The Hall–Kier alpha value is -4.18. The minimum Gasteiger partial charge on any atom is -0.507 e.